The van der Waals surface area contributed by atoms with Gasteiger partial charge in [-0.2, -0.15) is 0 Å². The number of benzene rings is 1. The van der Waals surface area contributed by atoms with Gasteiger partial charge < -0.3 is 20.1 Å². The third kappa shape index (κ3) is 6.14. The predicted molar refractivity (Wildman–Crippen MR) is 178 cm³/mol. The molecule has 1 aliphatic carbocycles. The van der Waals surface area contributed by atoms with Gasteiger partial charge in [0.2, 0.25) is 5.91 Å². The zero-order valence-corrected chi connectivity index (χ0v) is 28.2. The van der Waals surface area contributed by atoms with Crippen LogP contribution in [0, 0.1) is 5.82 Å². The summed E-state index contributed by atoms with van der Waals surface area (Å²) in [7, 11) is 0. The number of nitrogens with zero attached hydrogens (tertiary/aromatic N) is 6. The van der Waals surface area contributed by atoms with Crippen LogP contribution in [0.25, 0.3) is 5.65 Å². The average Bonchev–Trinajstić information content (AvgIpc) is 3.48. The van der Waals surface area contributed by atoms with Crippen LogP contribution in [0.2, 0.25) is 0 Å². The first-order chi connectivity index (χ1) is 22.3. The molecular formula is C35H48FN7O4. The van der Waals surface area contributed by atoms with E-state index in [1.165, 1.54) is 16.8 Å². The first-order valence-corrected chi connectivity index (χ1v) is 17.0. The van der Waals surface area contributed by atoms with Gasteiger partial charge in [0, 0.05) is 68.2 Å². The number of piperazine rings is 1. The van der Waals surface area contributed by atoms with Crippen LogP contribution in [-0.4, -0.2) is 111 Å². The minimum Gasteiger partial charge on any atom is -0.390 e. The van der Waals surface area contributed by atoms with Crippen molar-refractivity contribution in [3.8, 4) is 0 Å². The van der Waals surface area contributed by atoms with Gasteiger partial charge in [0.15, 0.2) is 5.65 Å². The Morgan fingerprint density at radius 3 is 2.60 bits per heavy atom. The summed E-state index contributed by atoms with van der Waals surface area (Å²) in [5.74, 6) is -0.305. The van der Waals surface area contributed by atoms with Crippen LogP contribution >= 0.6 is 0 Å². The van der Waals surface area contributed by atoms with E-state index >= 15 is 0 Å². The maximum atomic E-state index is 14.4. The molecule has 1 aromatic carbocycles. The Labute approximate surface area is 275 Å². The number of anilines is 1. The van der Waals surface area contributed by atoms with Gasteiger partial charge in [0.05, 0.1) is 42.8 Å². The predicted octanol–water partition coefficient (Wildman–Crippen LogP) is 2.32. The van der Waals surface area contributed by atoms with Crippen LogP contribution in [0.15, 0.2) is 35.1 Å². The van der Waals surface area contributed by atoms with E-state index in [0.717, 1.165) is 61.9 Å². The zero-order valence-electron chi connectivity index (χ0n) is 28.2. The van der Waals surface area contributed by atoms with Crippen LogP contribution < -0.4 is 15.9 Å². The van der Waals surface area contributed by atoms with Crippen molar-refractivity contribution in [2.45, 2.75) is 89.1 Å². The average molecular weight is 650 g/mol. The van der Waals surface area contributed by atoms with E-state index in [1.807, 2.05) is 11.0 Å². The molecule has 3 atom stereocenters. The van der Waals surface area contributed by atoms with E-state index in [9.17, 15) is 19.1 Å². The Bertz CT molecular complexity index is 1710. The van der Waals surface area contributed by atoms with Gasteiger partial charge in [0.25, 0.3) is 0 Å². The first kappa shape index (κ1) is 32.4. The largest absolute Gasteiger partial charge is 0.390 e. The van der Waals surface area contributed by atoms with E-state index in [1.54, 1.807) is 23.5 Å². The fourth-order valence-corrected chi connectivity index (χ4v) is 8.12. The van der Waals surface area contributed by atoms with Gasteiger partial charge in [-0.25, -0.2) is 18.3 Å². The SMILES string of the molecule is C[C@@H]1CN(CC(=O)N2CC(C)(C)c3c2cc(Cc2ccc(F)cc2)c2nn(C4CC(C)(O)C4)c(=O)n32)[C@@H](CN2CCOC[C@H]2C)CN1. The second-order valence-electron chi connectivity index (χ2n) is 15.3. The molecule has 2 N–H and O–H groups in total. The van der Waals surface area contributed by atoms with Gasteiger partial charge >= 0.3 is 5.69 Å². The molecular weight excluding hydrogens is 601 g/mol. The molecule has 0 spiro atoms. The molecule has 47 heavy (non-hydrogen) atoms. The number of morpholine rings is 1. The molecule has 3 aromatic rings. The van der Waals surface area contributed by atoms with E-state index in [2.05, 4.69) is 42.8 Å². The molecule has 11 nitrogen and oxygen atoms in total. The third-order valence-electron chi connectivity index (χ3n) is 10.7. The molecule has 3 aliphatic heterocycles. The molecule has 2 aromatic heterocycles. The molecule has 4 aliphatic rings. The van der Waals surface area contributed by atoms with Gasteiger partial charge in [0.1, 0.15) is 5.82 Å². The molecule has 0 bridgehead atoms. The highest BCUT2D eigenvalue weighted by Gasteiger charge is 2.45. The lowest BCUT2D eigenvalue weighted by Gasteiger charge is -2.43. The number of hydrogen-bond acceptors (Lipinski definition) is 8. The summed E-state index contributed by atoms with van der Waals surface area (Å²) in [5.41, 5.74) is 2.14. The van der Waals surface area contributed by atoms with Gasteiger partial charge in [-0.15, -0.1) is 5.10 Å². The normalized spacial score (nSPS) is 29.6. The fraction of sp³-hybridized carbons (Fsp3) is 0.629. The lowest BCUT2D eigenvalue weighted by atomic mass is 9.77. The maximum Gasteiger partial charge on any atom is 0.350 e. The highest BCUT2D eigenvalue weighted by molar-refractivity contribution is 5.98. The molecule has 0 radical (unpaired) electrons. The van der Waals surface area contributed by atoms with Crippen molar-refractivity contribution in [2.24, 2.45) is 0 Å². The van der Waals surface area contributed by atoms with Crippen LogP contribution in [0.4, 0.5) is 10.1 Å². The number of pyridine rings is 1. The number of nitrogens with one attached hydrogen (secondary N) is 1. The lowest BCUT2D eigenvalue weighted by molar-refractivity contribution is -0.121. The summed E-state index contributed by atoms with van der Waals surface area (Å²) in [6, 6.07) is 8.95. The van der Waals surface area contributed by atoms with E-state index in [-0.39, 0.29) is 42.1 Å². The maximum absolute atomic E-state index is 14.4. The Balaban J connectivity index is 1.25. The standard InChI is InChI=1S/C35H48FN7O4/c1-22-17-40(28(16-37-22)18-39-10-11-47-20-23(39)2)19-30(44)41-21-34(3,4)31-29(41)13-25(12-24-6-8-26(36)9-7-24)32-38-43(33(45)42(31)32)27-14-35(5,46)15-27/h6-9,13,22-23,27-28,37,46H,10-12,14-21H2,1-5H3/t22-,23-,27?,28-,35?/m1/s1. The summed E-state index contributed by atoms with van der Waals surface area (Å²) in [4.78, 5) is 35.2. The summed E-state index contributed by atoms with van der Waals surface area (Å²) < 4.78 is 22.7. The number of fused-ring (bicyclic) bond motifs is 3. The van der Waals surface area contributed by atoms with Gasteiger partial charge in [-0.3, -0.25) is 14.6 Å². The molecule has 3 fully saturated rings. The van der Waals surface area contributed by atoms with E-state index < -0.39 is 11.0 Å². The van der Waals surface area contributed by atoms with Crippen LogP contribution in [-0.2, 0) is 21.4 Å². The van der Waals surface area contributed by atoms with Crippen molar-refractivity contribution in [3.05, 3.63) is 63.5 Å². The molecule has 12 heteroatoms. The molecule has 0 unspecified atom stereocenters. The number of rotatable bonds is 7. The number of ether oxygens (including phenoxy) is 1. The van der Waals surface area contributed by atoms with Crippen LogP contribution in [0.1, 0.15) is 70.3 Å². The van der Waals surface area contributed by atoms with E-state index in [4.69, 9.17) is 9.84 Å². The third-order valence-corrected chi connectivity index (χ3v) is 10.7. The molecule has 1 amide bonds. The number of halogens is 1. The Hall–Kier alpha value is -3.16. The highest BCUT2D eigenvalue weighted by Crippen LogP contribution is 2.43. The summed E-state index contributed by atoms with van der Waals surface area (Å²) >= 11 is 0. The van der Waals surface area contributed by atoms with Crippen LogP contribution in [0.3, 0.4) is 0 Å². The fourth-order valence-electron chi connectivity index (χ4n) is 8.12. The summed E-state index contributed by atoms with van der Waals surface area (Å²) in [6.45, 7) is 15.8. The highest BCUT2D eigenvalue weighted by atomic mass is 19.1. The van der Waals surface area contributed by atoms with Gasteiger partial charge in [-0.05, 0) is 57.4 Å². The minimum absolute atomic E-state index is 0.00788. The lowest BCUT2D eigenvalue weighted by Crippen LogP contribution is -2.62. The first-order valence-electron chi connectivity index (χ1n) is 17.0. The minimum atomic E-state index is -0.819. The van der Waals surface area contributed by atoms with Crippen LogP contribution in [0.5, 0.6) is 0 Å². The number of amides is 1. The van der Waals surface area contributed by atoms with Crippen molar-refractivity contribution in [1.82, 2.24) is 29.3 Å². The number of hydrogen-bond donors (Lipinski definition) is 2. The Morgan fingerprint density at radius 2 is 1.89 bits per heavy atom. The molecule has 1 saturated carbocycles. The molecule has 5 heterocycles. The van der Waals surface area contributed by atoms with Crippen molar-refractivity contribution in [3.63, 3.8) is 0 Å². The molecule has 2 saturated heterocycles. The van der Waals surface area contributed by atoms with Crippen molar-refractivity contribution < 1.29 is 19.0 Å². The second-order valence-corrected chi connectivity index (χ2v) is 15.3. The smallest absolute Gasteiger partial charge is 0.350 e. The van der Waals surface area contributed by atoms with E-state index in [0.29, 0.717) is 37.5 Å². The zero-order chi connectivity index (χ0) is 33.2. The number of carbonyl (C=O) groups excluding carboxylic acids is 1. The monoisotopic (exact) mass is 649 g/mol. The Kier molecular flexibility index (Phi) is 8.31. The molecule has 7 rings (SSSR count). The summed E-state index contributed by atoms with van der Waals surface area (Å²) in [5, 5.41) is 18.9. The molecule has 254 valence electrons. The van der Waals surface area contributed by atoms with Crippen molar-refractivity contribution in [2.75, 3.05) is 57.4 Å². The topological polar surface area (TPSA) is 108 Å². The van der Waals surface area contributed by atoms with Crippen molar-refractivity contribution in [1.29, 1.82) is 0 Å². The van der Waals surface area contributed by atoms with Crippen molar-refractivity contribution >= 4 is 17.2 Å². The Morgan fingerprint density at radius 1 is 1.15 bits per heavy atom. The summed E-state index contributed by atoms with van der Waals surface area (Å²) in [6.07, 6.45) is 1.33. The quantitative estimate of drug-likeness (QED) is 0.402. The number of aliphatic hydroxyl groups is 1. The number of aromatic nitrogens is 3. The van der Waals surface area contributed by atoms with Gasteiger partial charge in [-0.1, -0.05) is 26.0 Å². The number of carbonyl (C=O) groups is 1. The second kappa shape index (κ2) is 12.1.